The average Bonchev–Trinajstić information content (AvgIpc) is 2.77. The predicted octanol–water partition coefficient (Wildman–Crippen LogP) is 0.415. The van der Waals surface area contributed by atoms with E-state index in [2.05, 4.69) is 10.1 Å². The second kappa shape index (κ2) is 3.86. The summed E-state index contributed by atoms with van der Waals surface area (Å²) in [6.07, 6.45) is 6.29. The number of aromatic nitrogens is 4. The summed E-state index contributed by atoms with van der Waals surface area (Å²) in [5, 5.41) is 4.40. The van der Waals surface area contributed by atoms with Gasteiger partial charge in [0, 0.05) is 25.0 Å². The highest BCUT2D eigenvalue weighted by molar-refractivity contribution is 5.38. The second-order valence-electron chi connectivity index (χ2n) is 3.52. The van der Waals surface area contributed by atoms with E-state index in [4.69, 9.17) is 5.73 Å². The molecule has 5 heteroatoms. The Hall–Kier alpha value is -1.62. The lowest BCUT2D eigenvalue weighted by atomic mass is 10.2. The Morgan fingerprint density at radius 3 is 2.87 bits per heavy atom. The molecule has 0 fully saturated rings. The van der Waals surface area contributed by atoms with Crippen LogP contribution in [-0.2, 0) is 13.5 Å². The molecule has 0 aliphatic rings. The minimum absolute atomic E-state index is 0.633. The summed E-state index contributed by atoms with van der Waals surface area (Å²) in [6.45, 7) is 2.64. The summed E-state index contributed by atoms with van der Waals surface area (Å²) < 4.78 is 3.83. The second-order valence-corrected chi connectivity index (χ2v) is 3.52. The number of aryl methyl sites for hydroxylation is 2. The highest BCUT2D eigenvalue weighted by Crippen LogP contribution is 2.17. The zero-order valence-electron chi connectivity index (χ0n) is 9.01. The van der Waals surface area contributed by atoms with E-state index in [-0.39, 0.29) is 0 Å². The lowest BCUT2D eigenvalue weighted by Gasteiger charge is -2.05. The molecule has 0 saturated heterocycles. The Morgan fingerprint density at radius 1 is 1.47 bits per heavy atom. The summed E-state index contributed by atoms with van der Waals surface area (Å²) in [5.74, 6) is 1.05. The van der Waals surface area contributed by atoms with Crippen molar-refractivity contribution in [3.8, 4) is 5.82 Å². The van der Waals surface area contributed by atoms with Crippen LogP contribution in [0.4, 0.5) is 0 Å². The first kappa shape index (κ1) is 9.92. The highest BCUT2D eigenvalue weighted by Gasteiger charge is 2.13. The molecule has 2 aromatic rings. The molecule has 0 atom stereocenters. The van der Waals surface area contributed by atoms with Crippen LogP contribution in [0, 0.1) is 6.92 Å². The highest BCUT2D eigenvalue weighted by atomic mass is 15.3. The summed E-state index contributed by atoms with van der Waals surface area (Å²) in [5.41, 5.74) is 7.83. The molecule has 0 saturated carbocycles. The van der Waals surface area contributed by atoms with Gasteiger partial charge in [0.25, 0.3) is 0 Å². The maximum atomic E-state index is 5.60. The first-order valence-corrected chi connectivity index (χ1v) is 4.95. The number of rotatable bonds is 3. The van der Waals surface area contributed by atoms with Crippen molar-refractivity contribution in [1.82, 2.24) is 19.3 Å². The van der Waals surface area contributed by atoms with Crippen molar-refractivity contribution < 1.29 is 0 Å². The van der Waals surface area contributed by atoms with Crippen LogP contribution in [0.5, 0.6) is 0 Å². The smallest absolute Gasteiger partial charge is 0.139 e. The molecule has 0 spiro atoms. The van der Waals surface area contributed by atoms with E-state index in [1.807, 2.05) is 29.4 Å². The van der Waals surface area contributed by atoms with Crippen LogP contribution in [0.25, 0.3) is 5.82 Å². The number of hydrogen-bond donors (Lipinski definition) is 1. The quantitative estimate of drug-likeness (QED) is 0.789. The van der Waals surface area contributed by atoms with Gasteiger partial charge in [-0.3, -0.25) is 9.25 Å². The fourth-order valence-electron chi connectivity index (χ4n) is 1.83. The van der Waals surface area contributed by atoms with E-state index in [0.717, 1.165) is 17.9 Å². The van der Waals surface area contributed by atoms with E-state index < -0.39 is 0 Å². The van der Waals surface area contributed by atoms with E-state index >= 15 is 0 Å². The molecule has 0 aromatic carbocycles. The van der Waals surface area contributed by atoms with Crippen molar-refractivity contribution in [3.05, 3.63) is 30.0 Å². The minimum atomic E-state index is 0.633. The third-order valence-corrected chi connectivity index (χ3v) is 2.46. The van der Waals surface area contributed by atoms with Crippen LogP contribution in [0.3, 0.4) is 0 Å². The normalized spacial score (nSPS) is 10.9. The first-order chi connectivity index (χ1) is 7.24. The van der Waals surface area contributed by atoms with Crippen LogP contribution in [0.15, 0.2) is 18.7 Å². The molecule has 0 radical (unpaired) electrons. The molecule has 2 N–H and O–H groups in total. The Morgan fingerprint density at radius 2 is 2.27 bits per heavy atom. The molecule has 15 heavy (non-hydrogen) atoms. The van der Waals surface area contributed by atoms with Crippen molar-refractivity contribution >= 4 is 0 Å². The van der Waals surface area contributed by atoms with Crippen LogP contribution in [-0.4, -0.2) is 25.9 Å². The van der Waals surface area contributed by atoms with Crippen LogP contribution >= 0.6 is 0 Å². The zero-order valence-corrected chi connectivity index (χ0v) is 9.01. The molecule has 2 aromatic heterocycles. The van der Waals surface area contributed by atoms with Crippen LogP contribution < -0.4 is 5.73 Å². The molecular weight excluding hydrogens is 190 g/mol. The Labute approximate surface area is 88.5 Å². The minimum Gasteiger partial charge on any atom is -0.330 e. The van der Waals surface area contributed by atoms with Gasteiger partial charge in [-0.15, -0.1) is 0 Å². The molecule has 0 unspecified atom stereocenters. The monoisotopic (exact) mass is 205 g/mol. The maximum absolute atomic E-state index is 5.60. The predicted molar refractivity (Wildman–Crippen MR) is 57.8 cm³/mol. The van der Waals surface area contributed by atoms with Gasteiger partial charge in [0.1, 0.15) is 12.1 Å². The molecule has 2 rings (SSSR count). The van der Waals surface area contributed by atoms with E-state index in [9.17, 15) is 0 Å². The Bertz CT molecular complexity index is 441. The molecule has 80 valence electrons. The van der Waals surface area contributed by atoms with E-state index in [0.29, 0.717) is 6.54 Å². The van der Waals surface area contributed by atoms with Gasteiger partial charge >= 0.3 is 0 Å². The molecule has 5 nitrogen and oxygen atoms in total. The summed E-state index contributed by atoms with van der Waals surface area (Å²) in [6, 6.07) is 0. The van der Waals surface area contributed by atoms with Crippen molar-refractivity contribution in [2.75, 3.05) is 6.54 Å². The van der Waals surface area contributed by atoms with Gasteiger partial charge in [0.2, 0.25) is 0 Å². The van der Waals surface area contributed by atoms with E-state index in [1.165, 1.54) is 5.56 Å². The van der Waals surface area contributed by atoms with Crippen molar-refractivity contribution in [3.63, 3.8) is 0 Å². The number of imidazole rings is 1. The Balaban J connectivity index is 2.54. The molecule has 0 aliphatic heterocycles. The standard InChI is InChI=1S/C10H15N5/c1-8-9(3-4-11)10(14(2)13-8)15-6-5-12-7-15/h5-7H,3-4,11H2,1-2H3. The van der Waals surface area contributed by atoms with Gasteiger partial charge in [0.05, 0.1) is 5.69 Å². The SMILES string of the molecule is Cc1nn(C)c(-n2ccnc2)c1CCN. The van der Waals surface area contributed by atoms with Crippen LogP contribution in [0.2, 0.25) is 0 Å². The van der Waals surface area contributed by atoms with Crippen LogP contribution in [0.1, 0.15) is 11.3 Å². The summed E-state index contributed by atoms with van der Waals surface area (Å²) in [4.78, 5) is 4.04. The third-order valence-electron chi connectivity index (χ3n) is 2.46. The number of nitrogens with two attached hydrogens (primary N) is 1. The summed E-state index contributed by atoms with van der Waals surface area (Å²) in [7, 11) is 1.93. The summed E-state index contributed by atoms with van der Waals surface area (Å²) >= 11 is 0. The lowest BCUT2D eigenvalue weighted by Crippen LogP contribution is -2.08. The maximum Gasteiger partial charge on any atom is 0.139 e. The van der Waals surface area contributed by atoms with Gasteiger partial charge in [-0.05, 0) is 19.9 Å². The fraction of sp³-hybridized carbons (Fsp3) is 0.400. The van der Waals surface area contributed by atoms with Gasteiger partial charge < -0.3 is 5.73 Å². The molecule has 0 bridgehead atoms. The van der Waals surface area contributed by atoms with Gasteiger partial charge in [-0.2, -0.15) is 5.10 Å². The van der Waals surface area contributed by atoms with Gasteiger partial charge in [0.15, 0.2) is 0 Å². The molecule has 0 amide bonds. The molecular formula is C10H15N5. The largest absolute Gasteiger partial charge is 0.330 e. The van der Waals surface area contributed by atoms with Crippen molar-refractivity contribution in [1.29, 1.82) is 0 Å². The van der Waals surface area contributed by atoms with Crippen molar-refractivity contribution in [2.24, 2.45) is 12.8 Å². The topological polar surface area (TPSA) is 61.7 Å². The Kier molecular flexibility index (Phi) is 2.55. The van der Waals surface area contributed by atoms with Gasteiger partial charge in [-0.1, -0.05) is 0 Å². The zero-order chi connectivity index (χ0) is 10.8. The number of hydrogen-bond acceptors (Lipinski definition) is 3. The third kappa shape index (κ3) is 1.66. The van der Waals surface area contributed by atoms with E-state index in [1.54, 1.807) is 12.5 Å². The molecule has 2 heterocycles. The van der Waals surface area contributed by atoms with Gasteiger partial charge in [-0.25, -0.2) is 4.98 Å². The molecule has 0 aliphatic carbocycles. The fourth-order valence-corrected chi connectivity index (χ4v) is 1.83. The lowest BCUT2D eigenvalue weighted by molar-refractivity contribution is 0.720. The number of nitrogens with zero attached hydrogens (tertiary/aromatic N) is 4. The average molecular weight is 205 g/mol. The first-order valence-electron chi connectivity index (χ1n) is 4.95. The van der Waals surface area contributed by atoms with Crippen molar-refractivity contribution in [2.45, 2.75) is 13.3 Å².